The molecule has 0 aliphatic carbocycles. The van der Waals surface area contributed by atoms with E-state index in [0.717, 1.165) is 19.3 Å². The van der Waals surface area contributed by atoms with Crippen molar-refractivity contribution in [1.82, 2.24) is 0 Å². The lowest BCUT2D eigenvalue weighted by atomic mass is 9.98. The third kappa shape index (κ3) is 12.8. The van der Waals surface area contributed by atoms with Crippen molar-refractivity contribution in [2.24, 2.45) is 5.73 Å². The van der Waals surface area contributed by atoms with Gasteiger partial charge >= 0.3 is 5.97 Å². The molecule has 1 saturated heterocycles. The molecule has 0 amide bonds. The van der Waals surface area contributed by atoms with Crippen LogP contribution in [0.5, 0.6) is 0 Å². The first kappa shape index (κ1) is 28.3. The second-order valence-electron chi connectivity index (χ2n) is 9.01. The van der Waals surface area contributed by atoms with Gasteiger partial charge in [-0.1, -0.05) is 96.8 Å². The van der Waals surface area contributed by atoms with E-state index >= 15 is 0 Å². The van der Waals surface area contributed by atoms with Crippen LogP contribution in [0.15, 0.2) is 0 Å². The number of hydrogen-bond acceptors (Lipinski definition) is 7. The van der Waals surface area contributed by atoms with Crippen LogP contribution in [0, 0.1) is 0 Å². The zero-order chi connectivity index (χ0) is 22.9. The summed E-state index contributed by atoms with van der Waals surface area (Å²) in [5.41, 5.74) is 5.51. The fraction of sp³-hybridized carbons (Fsp3) is 0.958. The number of aliphatic hydroxyl groups excluding tert-OH is 3. The topological polar surface area (TPSA) is 122 Å². The monoisotopic (exact) mass is 445 g/mol. The van der Waals surface area contributed by atoms with E-state index in [1.54, 1.807) is 0 Å². The Bertz CT molecular complexity index is 450. The van der Waals surface area contributed by atoms with Gasteiger partial charge in [-0.3, -0.25) is 4.79 Å². The predicted octanol–water partition coefficient (Wildman–Crippen LogP) is 3.56. The number of hydrogen-bond donors (Lipinski definition) is 4. The molecule has 5 N–H and O–H groups in total. The molecule has 1 aliphatic rings. The summed E-state index contributed by atoms with van der Waals surface area (Å²) in [4.78, 5) is 11.8. The van der Waals surface area contributed by atoms with Gasteiger partial charge in [-0.2, -0.15) is 0 Å². The Hall–Kier alpha value is -0.730. The summed E-state index contributed by atoms with van der Waals surface area (Å²) in [5.74, 6) is -0.357. The number of nitrogens with two attached hydrogens (primary N) is 1. The standard InChI is InChI=1S/C24H47NO6/c1-2-3-4-5-6-7-8-9-10-11-12-13-14-15-16-17-20(26)30-18-19-22(27)23(28)21(25)24(29)31-19/h19,21-24,27-29H,2-18,25H2,1H3/t19-,21-,22-,23-,24?/m1/s1. The number of carbonyl (C=O) groups is 1. The third-order valence-corrected chi connectivity index (χ3v) is 6.16. The SMILES string of the molecule is CCCCCCCCCCCCCCCCCC(=O)OC[C@H]1OC(O)[C@H](N)[C@@H](O)[C@@H]1O. The lowest BCUT2D eigenvalue weighted by Crippen LogP contribution is -2.62. The minimum atomic E-state index is -1.39. The van der Waals surface area contributed by atoms with E-state index in [9.17, 15) is 20.1 Å². The van der Waals surface area contributed by atoms with Crippen molar-refractivity contribution in [2.75, 3.05) is 6.61 Å². The van der Waals surface area contributed by atoms with Crippen LogP contribution in [0.3, 0.4) is 0 Å². The highest BCUT2D eigenvalue weighted by atomic mass is 16.6. The highest BCUT2D eigenvalue weighted by molar-refractivity contribution is 5.69. The van der Waals surface area contributed by atoms with E-state index in [1.165, 1.54) is 77.0 Å². The summed E-state index contributed by atoms with van der Waals surface area (Å²) in [5, 5.41) is 29.2. The second kappa shape index (κ2) is 17.8. The molecule has 7 nitrogen and oxygen atoms in total. The summed E-state index contributed by atoms with van der Waals surface area (Å²) in [6.07, 6.45) is 14.4. The summed E-state index contributed by atoms with van der Waals surface area (Å²) < 4.78 is 10.2. The Balaban J connectivity index is 1.89. The molecule has 0 aromatic rings. The molecule has 0 spiro atoms. The van der Waals surface area contributed by atoms with E-state index < -0.39 is 30.6 Å². The molecule has 1 rings (SSSR count). The minimum absolute atomic E-state index is 0.209. The van der Waals surface area contributed by atoms with Crippen molar-refractivity contribution in [3.8, 4) is 0 Å². The lowest BCUT2D eigenvalue weighted by Gasteiger charge is -2.38. The largest absolute Gasteiger partial charge is 0.463 e. The van der Waals surface area contributed by atoms with Crippen molar-refractivity contribution < 1.29 is 29.6 Å². The normalized spacial score (nSPS) is 26.2. The molecule has 0 saturated carbocycles. The quantitative estimate of drug-likeness (QED) is 0.188. The van der Waals surface area contributed by atoms with E-state index in [0.29, 0.717) is 6.42 Å². The maximum absolute atomic E-state index is 11.8. The Labute approximate surface area is 188 Å². The van der Waals surface area contributed by atoms with Crippen LogP contribution in [0.2, 0.25) is 0 Å². The number of rotatable bonds is 18. The zero-order valence-electron chi connectivity index (χ0n) is 19.6. The first-order valence-corrected chi connectivity index (χ1v) is 12.6. The molecule has 31 heavy (non-hydrogen) atoms. The van der Waals surface area contributed by atoms with Crippen LogP contribution in [0.1, 0.15) is 110 Å². The Morgan fingerprint density at radius 3 is 1.71 bits per heavy atom. The first-order chi connectivity index (χ1) is 15.0. The molecule has 1 unspecified atom stereocenters. The second-order valence-corrected chi connectivity index (χ2v) is 9.01. The Morgan fingerprint density at radius 2 is 1.23 bits per heavy atom. The minimum Gasteiger partial charge on any atom is -0.463 e. The van der Waals surface area contributed by atoms with Crippen LogP contribution >= 0.6 is 0 Å². The molecule has 1 fully saturated rings. The zero-order valence-corrected chi connectivity index (χ0v) is 19.6. The number of unbranched alkanes of at least 4 members (excludes halogenated alkanes) is 14. The number of aliphatic hydroxyl groups is 3. The fourth-order valence-corrected chi connectivity index (χ4v) is 3.99. The van der Waals surface area contributed by atoms with E-state index in [-0.39, 0.29) is 12.6 Å². The molecular formula is C24H47NO6. The van der Waals surface area contributed by atoms with E-state index in [1.807, 2.05) is 0 Å². The number of ether oxygens (including phenoxy) is 2. The van der Waals surface area contributed by atoms with Crippen LogP contribution in [-0.2, 0) is 14.3 Å². The summed E-state index contributed by atoms with van der Waals surface area (Å²) in [6, 6.07) is -1.08. The van der Waals surface area contributed by atoms with Crippen LogP contribution in [-0.4, -0.2) is 58.5 Å². The summed E-state index contributed by atoms with van der Waals surface area (Å²) >= 11 is 0. The molecule has 184 valence electrons. The van der Waals surface area contributed by atoms with Crippen molar-refractivity contribution >= 4 is 5.97 Å². The molecule has 5 atom stereocenters. The van der Waals surface area contributed by atoms with Crippen LogP contribution in [0.25, 0.3) is 0 Å². The van der Waals surface area contributed by atoms with Gasteiger partial charge in [0.05, 0.1) is 6.04 Å². The predicted molar refractivity (Wildman–Crippen MR) is 121 cm³/mol. The average Bonchev–Trinajstić information content (AvgIpc) is 2.76. The molecule has 1 aliphatic heterocycles. The van der Waals surface area contributed by atoms with Crippen molar-refractivity contribution in [3.63, 3.8) is 0 Å². The fourth-order valence-electron chi connectivity index (χ4n) is 3.99. The Morgan fingerprint density at radius 1 is 0.774 bits per heavy atom. The van der Waals surface area contributed by atoms with Gasteiger partial charge in [-0.15, -0.1) is 0 Å². The van der Waals surface area contributed by atoms with Crippen molar-refractivity contribution in [3.05, 3.63) is 0 Å². The first-order valence-electron chi connectivity index (χ1n) is 12.6. The lowest BCUT2D eigenvalue weighted by molar-refractivity contribution is -0.251. The molecule has 7 heteroatoms. The van der Waals surface area contributed by atoms with Crippen LogP contribution < -0.4 is 5.73 Å². The van der Waals surface area contributed by atoms with Crippen molar-refractivity contribution in [1.29, 1.82) is 0 Å². The molecular weight excluding hydrogens is 398 g/mol. The van der Waals surface area contributed by atoms with E-state index in [2.05, 4.69) is 6.92 Å². The van der Waals surface area contributed by atoms with Gasteiger partial charge in [0.15, 0.2) is 6.29 Å². The molecule has 0 aromatic heterocycles. The van der Waals surface area contributed by atoms with Crippen LogP contribution in [0.4, 0.5) is 0 Å². The van der Waals surface area contributed by atoms with E-state index in [4.69, 9.17) is 15.2 Å². The highest BCUT2D eigenvalue weighted by Gasteiger charge is 2.42. The number of esters is 1. The molecule has 0 bridgehead atoms. The van der Waals surface area contributed by atoms with Gasteiger partial charge in [-0.25, -0.2) is 0 Å². The Kier molecular flexibility index (Phi) is 16.2. The maximum Gasteiger partial charge on any atom is 0.305 e. The van der Waals surface area contributed by atoms with Gasteiger partial charge in [0.1, 0.15) is 24.9 Å². The smallest absolute Gasteiger partial charge is 0.305 e. The van der Waals surface area contributed by atoms with Gasteiger partial charge in [0.2, 0.25) is 0 Å². The summed E-state index contributed by atoms with van der Waals surface area (Å²) in [7, 11) is 0. The maximum atomic E-state index is 11.8. The van der Waals surface area contributed by atoms with Gasteiger partial charge in [-0.05, 0) is 6.42 Å². The molecule has 0 aromatic carbocycles. The average molecular weight is 446 g/mol. The molecule has 0 radical (unpaired) electrons. The molecule has 1 heterocycles. The highest BCUT2D eigenvalue weighted by Crippen LogP contribution is 2.19. The third-order valence-electron chi connectivity index (χ3n) is 6.16. The van der Waals surface area contributed by atoms with Gasteiger partial charge < -0.3 is 30.5 Å². The van der Waals surface area contributed by atoms with Crippen molar-refractivity contribution in [2.45, 2.75) is 140 Å². The van der Waals surface area contributed by atoms with Gasteiger partial charge in [0.25, 0.3) is 0 Å². The van der Waals surface area contributed by atoms with Gasteiger partial charge in [0, 0.05) is 6.42 Å². The summed E-state index contributed by atoms with van der Waals surface area (Å²) in [6.45, 7) is 2.05. The number of carbonyl (C=O) groups excluding carboxylic acids is 1.